The second-order valence-electron chi connectivity index (χ2n) is 19.2. The van der Waals surface area contributed by atoms with E-state index in [1.165, 1.54) is 205 Å². The summed E-state index contributed by atoms with van der Waals surface area (Å²) in [6, 6.07) is 0. The maximum Gasteiger partial charge on any atom is 0.306 e. The van der Waals surface area contributed by atoms with E-state index < -0.39 is 6.10 Å². The van der Waals surface area contributed by atoms with Crippen LogP contribution in [0.15, 0.2) is 36.5 Å². The van der Waals surface area contributed by atoms with Gasteiger partial charge in [-0.25, -0.2) is 0 Å². The summed E-state index contributed by atoms with van der Waals surface area (Å²) in [7, 11) is 0. The molecule has 0 bridgehead atoms. The van der Waals surface area contributed by atoms with Crippen LogP contribution in [0.5, 0.6) is 0 Å². The Balaban J connectivity index is 4.23. The van der Waals surface area contributed by atoms with Gasteiger partial charge in [-0.2, -0.15) is 0 Å². The summed E-state index contributed by atoms with van der Waals surface area (Å²) in [4.78, 5) is 25.5. The summed E-state index contributed by atoms with van der Waals surface area (Å²) in [5.74, 6) is -0.389. The molecule has 1 atom stereocenters. The van der Waals surface area contributed by atoms with E-state index in [-0.39, 0.29) is 25.2 Å². The number of rotatable bonds is 53. The van der Waals surface area contributed by atoms with Gasteiger partial charge in [0.25, 0.3) is 0 Å². The Kier molecular flexibility index (Phi) is 53.8. The Hall–Kier alpha value is -1.88. The number of hydrogen-bond donors (Lipinski definition) is 0. The Morgan fingerprint density at radius 2 is 0.703 bits per heavy atom. The quantitative estimate of drug-likeness (QED) is 0.0346. The molecule has 0 aromatic rings. The highest BCUT2D eigenvalue weighted by molar-refractivity contribution is 5.70. The van der Waals surface area contributed by atoms with Crippen molar-refractivity contribution in [3.8, 4) is 0 Å². The van der Waals surface area contributed by atoms with Gasteiger partial charge in [0, 0.05) is 19.4 Å². The number of allylic oxidation sites excluding steroid dienone is 6. The molecule has 0 rings (SSSR count). The lowest BCUT2D eigenvalue weighted by Crippen LogP contribution is -2.30. The van der Waals surface area contributed by atoms with E-state index in [0.29, 0.717) is 19.4 Å². The highest BCUT2D eigenvalue weighted by Crippen LogP contribution is 2.17. The summed E-state index contributed by atoms with van der Waals surface area (Å²) in [5, 5.41) is 0. The second kappa shape index (κ2) is 55.4. The van der Waals surface area contributed by atoms with Crippen molar-refractivity contribution in [3.05, 3.63) is 36.5 Å². The average molecular weight is 900 g/mol. The van der Waals surface area contributed by atoms with Gasteiger partial charge >= 0.3 is 11.9 Å². The van der Waals surface area contributed by atoms with Gasteiger partial charge in [-0.3, -0.25) is 9.59 Å². The van der Waals surface area contributed by atoms with Crippen LogP contribution in [0, 0.1) is 0 Å². The molecule has 64 heavy (non-hydrogen) atoms. The van der Waals surface area contributed by atoms with Gasteiger partial charge in [-0.05, 0) is 51.4 Å². The zero-order valence-corrected chi connectivity index (χ0v) is 43.3. The van der Waals surface area contributed by atoms with Gasteiger partial charge in [0.05, 0.1) is 6.61 Å². The molecule has 0 saturated heterocycles. The monoisotopic (exact) mass is 899 g/mol. The minimum absolute atomic E-state index is 0.0829. The van der Waals surface area contributed by atoms with Crippen LogP contribution in [-0.4, -0.2) is 37.9 Å². The SMILES string of the molecule is CC/C=C\C/C=C\C/C=C\CCCCCCOCC(COC(=O)CCCCCCCCCCCCCCCCCCC)OC(=O)CCCCCCCCCCCCCCCCCCC. The molecule has 0 saturated carbocycles. The highest BCUT2D eigenvalue weighted by Gasteiger charge is 2.17. The lowest BCUT2D eigenvalue weighted by Gasteiger charge is -2.18. The normalized spacial score (nSPS) is 12.4. The third-order valence-corrected chi connectivity index (χ3v) is 12.7. The van der Waals surface area contributed by atoms with Gasteiger partial charge in [0.1, 0.15) is 6.61 Å². The molecule has 0 heterocycles. The molecule has 5 nitrogen and oxygen atoms in total. The predicted molar refractivity (Wildman–Crippen MR) is 279 cm³/mol. The van der Waals surface area contributed by atoms with E-state index >= 15 is 0 Å². The van der Waals surface area contributed by atoms with E-state index in [9.17, 15) is 9.59 Å². The number of esters is 2. The number of hydrogen-bond acceptors (Lipinski definition) is 5. The highest BCUT2D eigenvalue weighted by atomic mass is 16.6. The van der Waals surface area contributed by atoms with Crippen molar-refractivity contribution in [1.29, 1.82) is 0 Å². The third-order valence-electron chi connectivity index (χ3n) is 12.7. The molecule has 0 aliphatic heterocycles. The van der Waals surface area contributed by atoms with Crippen LogP contribution in [0.4, 0.5) is 0 Å². The van der Waals surface area contributed by atoms with Gasteiger partial charge in [-0.15, -0.1) is 0 Å². The fraction of sp³-hybridized carbons (Fsp3) is 0.864. The summed E-state index contributed by atoms with van der Waals surface area (Å²) in [6.45, 7) is 7.73. The molecule has 0 spiro atoms. The van der Waals surface area contributed by atoms with Gasteiger partial charge in [0.15, 0.2) is 6.10 Å². The summed E-state index contributed by atoms with van der Waals surface area (Å²) < 4.78 is 17.5. The van der Waals surface area contributed by atoms with Crippen molar-refractivity contribution in [2.24, 2.45) is 0 Å². The van der Waals surface area contributed by atoms with Gasteiger partial charge < -0.3 is 14.2 Å². The van der Waals surface area contributed by atoms with E-state index in [1.54, 1.807) is 0 Å². The molecular weight excluding hydrogens is 789 g/mol. The number of unbranched alkanes of at least 4 members (excludes halogenated alkanes) is 36. The number of carbonyl (C=O) groups is 2. The van der Waals surface area contributed by atoms with Crippen LogP contribution in [0.3, 0.4) is 0 Å². The molecule has 0 aromatic carbocycles. The Morgan fingerprint density at radius 1 is 0.359 bits per heavy atom. The lowest BCUT2D eigenvalue weighted by atomic mass is 10.0. The van der Waals surface area contributed by atoms with Crippen LogP contribution in [-0.2, 0) is 23.8 Å². The maximum atomic E-state index is 12.8. The van der Waals surface area contributed by atoms with Gasteiger partial charge in [-0.1, -0.05) is 276 Å². The smallest absolute Gasteiger partial charge is 0.306 e. The number of ether oxygens (including phenoxy) is 3. The second-order valence-corrected chi connectivity index (χ2v) is 19.2. The molecule has 5 heteroatoms. The molecular formula is C59H110O5. The topological polar surface area (TPSA) is 61.8 Å². The first-order valence-corrected chi connectivity index (χ1v) is 28.5. The van der Waals surface area contributed by atoms with Crippen LogP contribution in [0.25, 0.3) is 0 Å². The third kappa shape index (κ3) is 52.7. The van der Waals surface area contributed by atoms with Crippen LogP contribution in [0.1, 0.15) is 303 Å². The first-order valence-electron chi connectivity index (χ1n) is 28.5. The molecule has 376 valence electrons. The zero-order valence-electron chi connectivity index (χ0n) is 43.3. The maximum absolute atomic E-state index is 12.8. The summed E-state index contributed by atoms with van der Waals surface area (Å²) in [5.41, 5.74) is 0. The minimum Gasteiger partial charge on any atom is -0.462 e. The molecule has 1 unspecified atom stereocenters. The zero-order chi connectivity index (χ0) is 46.3. The predicted octanol–water partition coefficient (Wildman–Crippen LogP) is 19.4. The van der Waals surface area contributed by atoms with Crippen molar-refractivity contribution in [2.45, 2.75) is 309 Å². The standard InChI is InChI=1S/C59H110O5/c1-4-7-10-13-16-19-22-25-28-30-32-34-37-40-43-46-49-52-58(60)63-56-57(55-62-54-51-48-45-42-39-36-27-24-21-18-15-12-9-6-3)64-59(61)53-50-47-44-41-38-35-33-31-29-26-23-20-17-14-11-8-5-2/h9,12,18,21,27,36,57H,4-8,10-11,13-17,19-20,22-26,28-35,37-56H2,1-3H3/b12-9-,21-18-,36-27-. The Labute approximate surface area is 400 Å². The van der Waals surface area contributed by atoms with E-state index in [1.807, 2.05) is 0 Å². The minimum atomic E-state index is -0.542. The largest absolute Gasteiger partial charge is 0.462 e. The Morgan fingerprint density at radius 3 is 1.12 bits per heavy atom. The average Bonchev–Trinajstić information content (AvgIpc) is 3.30. The van der Waals surface area contributed by atoms with Crippen LogP contribution < -0.4 is 0 Å². The fourth-order valence-corrected chi connectivity index (χ4v) is 8.47. The number of carbonyl (C=O) groups excluding carboxylic acids is 2. The lowest BCUT2D eigenvalue weighted by molar-refractivity contribution is -0.163. The molecule has 0 fully saturated rings. The molecule has 0 N–H and O–H groups in total. The Bertz CT molecular complexity index is 1020. The van der Waals surface area contributed by atoms with Crippen molar-refractivity contribution in [2.75, 3.05) is 19.8 Å². The fourth-order valence-electron chi connectivity index (χ4n) is 8.47. The van der Waals surface area contributed by atoms with Crippen molar-refractivity contribution < 1.29 is 23.8 Å². The van der Waals surface area contributed by atoms with Crippen LogP contribution >= 0.6 is 0 Å². The molecule has 0 aliphatic carbocycles. The van der Waals surface area contributed by atoms with Crippen molar-refractivity contribution >= 4 is 11.9 Å². The van der Waals surface area contributed by atoms with Crippen LogP contribution in [0.2, 0.25) is 0 Å². The first kappa shape index (κ1) is 62.1. The van der Waals surface area contributed by atoms with E-state index in [4.69, 9.17) is 14.2 Å². The molecule has 0 aromatic heterocycles. The molecule has 0 radical (unpaired) electrons. The van der Waals surface area contributed by atoms with Gasteiger partial charge in [0.2, 0.25) is 0 Å². The van der Waals surface area contributed by atoms with E-state index in [2.05, 4.69) is 57.2 Å². The summed E-state index contributed by atoms with van der Waals surface area (Å²) >= 11 is 0. The van der Waals surface area contributed by atoms with Crippen molar-refractivity contribution in [1.82, 2.24) is 0 Å². The van der Waals surface area contributed by atoms with Crippen molar-refractivity contribution in [3.63, 3.8) is 0 Å². The molecule has 0 amide bonds. The molecule has 0 aliphatic rings. The first-order chi connectivity index (χ1) is 31.6. The van der Waals surface area contributed by atoms with E-state index in [0.717, 1.165) is 64.2 Å². The summed E-state index contributed by atoms with van der Waals surface area (Å²) in [6.07, 6.45) is 67.4.